The lowest BCUT2D eigenvalue weighted by Gasteiger charge is -2.45. The molecule has 2 saturated heterocycles. The molecule has 0 radical (unpaired) electrons. The van der Waals surface area contributed by atoms with Crippen molar-refractivity contribution in [3.8, 4) is 0 Å². The number of carbonyl (C=O) groups excluding carboxylic acids is 2. The Kier molecular flexibility index (Phi) is 5.53. The summed E-state index contributed by atoms with van der Waals surface area (Å²) in [6.45, 7) is 1.01. The van der Waals surface area contributed by atoms with E-state index >= 15 is 0 Å². The second-order valence-corrected chi connectivity index (χ2v) is 8.08. The van der Waals surface area contributed by atoms with Crippen LogP contribution in [0.15, 0.2) is 60.7 Å². The van der Waals surface area contributed by atoms with Gasteiger partial charge in [0, 0.05) is 18.6 Å². The molecule has 2 amide bonds. The van der Waals surface area contributed by atoms with Gasteiger partial charge in [-0.05, 0) is 36.8 Å². The maximum atomic E-state index is 12.4. The van der Waals surface area contributed by atoms with Crippen LogP contribution in [0.1, 0.15) is 36.8 Å². The Bertz CT molecular complexity index is 842. The summed E-state index contributed by atoms with van der Waals surface area (Å²) >= 11 is 0. The fraction of sp³-hybridized carbons (Fsp3) is 0.391. The van der Waals surface area contributed by atoms with E-state index in [2.05, 4.69) is 22.3 Å². The van der Waals surface area contributed by atoms with E-state index in [0.29, 0.717) is 12.8 Å². The third-order valence-corrected chi connectivity index (χ3v) is 6.17. The van der Waals surface area contributed by atoms with Crippen LogP contribution in [-0.2, 0) is 22.7 Å². The maximum Gasteiger partial charge on any atom is 0.408 e. The van der Waals surface area contributed by atoms with Crippen molar-refractivity contribution in [2.24, 2.45) is 5.73 Å². The number of rotatable bonds is 6. The van der Waals surface area contributed by atoms with Crippen LogP contribution in [0.3, 0.4) is 0 Å². The number of primary amides is 1. The van der Waals surface area contributed by atoms with Crippen molar-refractivity contribution in [1.29, 1.82) is 0 Å². The Hall–Kier alpha value is -2.86. The Balaban J connectivity index is 1.41. The first-order valence-electron chi connectivity index (χ1n) is 10.1. The highest BCUT2D eigenvalue weighted by Crippen LogP contribution is 2.41. The normalized spacial score (nSPS) is 26.1. The zero-order chi connectivity index (χ0) is 20.3. The number of fused-ring (bicyclic) bond motifs is 2. The van der Waals surface area contributed by atoms with Gasteiger partial charge in [0.25, 0.3) is 0 Å². The maximum absolute atomic E-state index is 12.4. The van der Waals surface area contributed by atoms with Gasteiger partial charge in [-0.1, -0.05) is 60.7 Å². The van der Waals surface area contributed by atoms with Gasteiger partial charge >= 0.3 is 6.09 Å². The second kappa shape index (κ2) is 8.25. The van der Waals surface area contributed by atoms with Gasteiger partial charge in [0.05, 0.1) is 0 Å². The van der Waals surface area contributed by atoms with Crippen LogP contribution in [0.4, 0.5) is 4.79 Å². The lowest BCUT2D eigenvalue weighted by Crippen LogP contribution is -2.64. The van der Waals surface area contributed by atoms with E-state index in [0.717, 1.165) is 24.9 Å². The molecule has 0 saturated carbocycles. The van der Waals surface area contributed by atoms with Gasteiger partial charge in [0.1, 0.15) is 12.1 Å². The summed E-state index contributed by atoms with van der Waals surface area (Å²) in [6.07, 6.45) is 2.46. The molecule has 6 nitrogen and oxygen atoms in total. The smallest absolute Gasteiger partial charge is 0.408 e. The van der Waals surface area contributed by atoms with Gasteiger partial charge in [0.2, 0.25) is 5.91 Å². The number of carbonyl (C=O) groups is 2. The van der Waals surface area contributed by atoms with Crippen LogP contribution in [0, 0.1) is 0 Å². The molecule has 6 heteroatoms. The van der Waals surface area contributed by atoms with Gasteiger partial charge in [-0.3, -0.25) is 9.69 Å². The van der Waals surface area contributed by atoms with Crippen molar-refractivity contribution in [2.75, 3.05) is 0 Å². The first-order valence-corrected chi connectivity index (χ1v) is 10.1. The number of alkyl carbamates (subject to hydrolysis) is 1. The third-order valence-electron chi connectivity index (χ3n) is 6.17. The van der Waals surface area contributed by atoms with Crippen LogP contribution in [-0.4, -0.2) is 34.5 Å². The quantitative estimate of drug-likeness (QED) is 0.790. The molecule has 2 atom stereocenters. The van der Waals surface area contributed by atoms with Crippen molar-refractivity contribution in [1.82, 2.24) is 10.2 Å². The van der Waals surface area contributed by atoms with E-state index in [4.69, 9.17) is 10.5 Å². The molecule has 0 aliphatic carbocycles. The van der Waals surface area contributed by atoms with Gasteiger partial charge in [-0.25, -0.2) is 4.79 Å². The van der Waals surface area contributed by atoms with Crippen molar-refractivity contribution >= 4 is 12.0 Å². The number of hydrogen-bond donors (Lipinski definition) is 2. The average molecular weight is 393 g/mol. The molecule has 152 valence electrons. The highest BCUT2D eigenvalue weighted by Gasteiger charge is 2.52. The standard InChI is InChI=1S/C23H27N3O3/c24-21(27)23(25-22(28)29-16-18-9-5-2-6-10-18)13-19-11-12-20(14-23)26(19)15-17-7-3-1-4-8-17/h1-10,19-20H,11-16H2,(H2,24,27)(H,25,28). The molecule has 2 aliphatic rings. The Morgan fingerprint density at radius 1 is 0.966 bits per heavy atom. The summed E-state index contributed by atoms with van der Waals surface area (Å²) < 4.78 is 5.35. The third kappa shape index (κ3) is 4.27. The number of piperidine rings is 1. The molecular weight excluding hydrogens is 366 g/mol. The van der Waals surface area contributed by atoms with Gasteiger partial charge in [0.15, 0.2) is 0 Å². The minimum absolute atomic E-state index is 0.161. The molecule has 0 aromatic heterocycles. The first-order chi connectivity index (χ1) is 14.1. The van der Waals surface area contributed by atoms with Crippen molar-refractivity contribution in [2.45, 2.75) is 56.5 Å². The molecule has 2 aromatic rings. The molecule has 4 rings (SSSR count). The molecular formula is C23H27N3O3. The fourth-order valence-electron chi connectivity index (χ4n) is 4.71. The fourth-order valence-corrected chi connectivity index (χ4v) is 4.71. The van der Waals surface area contributed by atoms with Crippen molar-refractivity contribution in [3.63, 3.8) is 0 Å². The Morgan fingerprint density at radius 3 is 2.07 bits per heavy atom. The van der Waals surface area contributed by atoms with Crippen LogP contribution < -0.4 is 11.1 Å². The summed E-state index contributed by atoms with van der Waals surface area (Å²) in [6, 6.07) is 20.2. The molecule has 2 heterocycles. The van der Waals surface area contributed by atoms with Gasteiger partial charge in [-0.15, -0.1) is 0 Å². The number of nitrogens with one attached hydrogen (secondary N) is 1. The van der Waals surface area contributed by atoms with Crippen molar-refractivity contribution in [3.05, 3.63) is 71.8 Å². The molecule has 2 fully saturated rings. The molecule has 2 aliphatic heterocycles. The van der Waals surface area contributed by atoms with Gasteiger partial charge in [-0.2, -0.15) is 0 Å². The monoisotopic (exact) mass is 393 g/mol. The molecule has 2 aromatic carbocycles. The van der Waals surface area contributed by atoms with Gasteiger partial charge < -0.3 is 15.8 Å². The molecule has 0 spiro atoms. The summed E-state index contributed by atoms with van der Waals surface area (Å²) in [5.41, 5.74) is 6.88. The number of ether oxygens (including phenoxy) is 1. The molecule has 3 N–H and O–H groups in total. The number of nitrogens with two attached hydrogens (primary N) is 1. The van der Waals surface area contributed by atoms with E-state index in [1.54, 1.807) is 0 Å². The lowest BCUT2D eigenvalue weighted by molar-refractivity contribution is -0.127. The zero-order valence-corrected chi connectivity index (χ0v) is 16.4. The molecule has 2 unspecified atom stereocenters. The number of benzene rings is 2. The average Bonchev–Trinajstić information content (AvgIpc) is 2.96. The Morgan fingerprint density at radius 2 is 1.52 bits per heavy atom. The zero-order valence-electron chi connectivity index (χ0n) is 16.4. The van der Waals surface area contributed by atoms with Crippen LogP contribution in [0.5, 0.6) is 0 Å². The summed E-state index contributed by atoms with van der Waals surface area (Å²) in [5.74, 6) is -0.481. The van der Waals surface area contributed by atoms with Crippen molar-refractivity contribution < 1.29 is 14.3 Å². The predicted molar refractivity (Wildman–Crippen MR) is 110 cm³/mol. The minimum atomic E-state index is -1.05. The highest BCUT2D eigenvalue weighted by molar-refractivity contribution is 5.89. The number of nitrogens with zero attached hydrogens (tertiary/aromatic N) is 1. The first kappa shape index (κ1) is 19.5. The van der Waals surface area contributed by atoms with Crippen LogP contribution >= 0.6 is 0 Å². The second-order valence-electron chi connectivity index (χ2n) is 8.08. The molecule has 29 heavy (non-hydrogen) atoms. The van der Waals surface area contributed by atoms with E-state index in [1.807, 2.05) is 48.5 Å². The largest absolute Gasteiger partial charge is 0.445 e. The van der Waals surface area contributed by atoms with E-state index in [1.165, 1.54) is 5.56 Å². The van der Waals surface area contributed by atoms with E-state index in [-0.39, 0.29) is 18.7 Å². The SMILES string of the molecule is NC(=O)C1(NC(=O)OCc2ccccc2)CC2CCC(C1)N2Cc1ccccc1. The predicted octanol–water partition coefficient (Wildman–Crippen LogP) is 2.96. The Labute approximate surface area is 171 Å². The van der Waals surface area contributed by atoms with E-state index in [9.17, 15) is 9.59 Å². The lowest BCUT2D eigenvalue weighted by atomic mass is 9.82. The molecule has 2 bridgehead atoms. The van der Waals surface area contributed by atoms with Crippen LogP contribution in [0.25, 0.3) is 0 Å². The number of amides is 2. The summed E-state index contributed by atoms with van der Waals surface area (Å²) in [4.78, 5) is 27.3. The minimum Gasteiger partial charge on any atom is -0.445 e. The topological polar surface area (TPSA) is 84.7 Å². The number of hydrogen-bond acceptors (Lipinski definition) is 4. The van der Waals surface area contributed by atoms with Crippen LogP contribution in [0.2, 0.25) is 0 Å². The van der Waals surface area contributed by atoms with E-state index < -0.39 is 17.5 Å². The summed E-state index contributed by atoms with van der Waals surface area (Å²) in [7, 11) is 0. The summed E-state index contributed by atoms with van der Waals surface area (Å²) in [5, 5.41) is 2.82. The highest BCUT2D eigenvalue weighted by atomic mass is 16.5.